The summed E-state index contributed by atoms with van der Waals surface area (Å²) < 4.78 is 0. The maximum Gasteiger partial charge on any atom is 0.128 e. The first-order valence-electron chi connectivity index (χ1n) is 5.63. The molecule has 1 atom stereocenters. The van der Waals surface area contributed by atoms with E-state index >= 15 is 0 Å². The molecule has 94 valence electrons. The fourth-order valence-electron chi connectivity index (χ4n) is 1.88. The topological polar surface area (TPSA) is 63.8 Å². The number of anilines is 1. The molecular weight excluding hydrogens is 248 g/mol. The normalized spacial score (nSPS) is 12.4. The molecule has 18 heavy (non-hydrogen) atoms. The highest BCUT2D eigenvalue weighted by molar-refractivity contribution is 6.30. The van der Waals surface area contributed by atoms with Crippen molar-refractivity contribution in [1.82, 2.24) is 15.3 Å². The molecule has 3 N–H and O–H groups in total. The van der Waals surface area contributed by atoms with E-state index in [-0.39, 0.29) is 6.04 Å². The zero-order chi connectivity index (χ0) is 13.1. The Balaban J connectivity index is 2.48. The summed E-state index contributed by atoms with van der Waals surface area (Å²) in [6.07, 6.45) is 1.54. The van der Waals surface area contributed by atoms with Crippen molar-refractivity contribution in [2.45, 2.75) is 13.0 Å². The summed E-state index contributed by atoms with van der Waals surface area (Å²) in [5.41, 5.74) is 8.60. The van der Waals surface area contributed by atoms with Crippen molar-refractivity contribution in [3.8, 4) is 0 Å². The van der Waals surface area contributed by atoms with E-state index in [4.69, 9.17) is 17.3 Å². The van der Waals surface area contributed by atoms with Crippen LogP contribution in [0.15, 0.2) is 30.5 Å². The minimum Gasteiger partial charge on any atom is -0.383 e. The second kappa shape index (κ2) is 5.33. The Morgan fingerprint density at radius 3 is 2.83 bits per heavy atom. The fourth-order valence-corrected chi connectivity index (χ4v) is 2.05. The third kappa shape index (κ3) is 2.60. The van der Waals surface area contributed by atoms with Crippen LogP contribution in [0.5, 0.6) is 0 Å². The van der Waals surface area contributed by atoms with E-state index in [1.54, 1.807) is 0 Å². The number of nitrogens with one attached hydrogen (secondary N) is 1. The zero-order valence-corrected chi connectivity index (χ0v) is 11.1. The summed E-state index contributed by atoms with van der Waals surface area (Å²) in [5, 5.41) is 3.75. The van der Waals surface area contributed by atoms with Gasteiger partial charge in [-0.25, -0.2) is 4.98 Å². The van der Waals surface area contributed by atoms with Crippen molar-refractivity contribution in [2.24, 2.45) is 0 Å². The molecule has 0 radical (unpaired) electrons. The molecule has 0 bridgehead atoms. The number of nitrogens with two attached hydrogens (primary N) is 1. The smallest absolute Gasteiger partial charge is 0.128 e. The molecule has 2 heterocycles. The first-order valence-corrected chi connectivity index (χ1v) is 6.01. The van der Waals surface area contributed by atoms with E-state index in [2.05, 4.69) is 15.3 Å². The highest BCUT2D eigenvalue weighted by atomic mass is 35.5. The molecule has 2 aromatic heterocycles. The van der Waals surface area contributed by atoms with Gasteiger partial charge in [0.1, 0.15) is 5.82 Å². The van der Waals surface area contributed by atoms with Gasteiger partial charge in [-0.2, -0.15) is 0 Å². The molecule has 0 aliphatic carbocycles. The van der Waals surface area contributed by atoms with E-state index in [9.17, 15) is 0 Å². The molecule has 0 aliphatic heterocycles. The van der Waals surface area contributed by atoms with Crippen LogP contribution in [0.4, 0.5) is 5.82 Å². The number of aromatic nitrogens is 2. The number of aryl methyl sites for hydroxylation is 1. The average molecular weight is 263 g/mol. The highest BCUT2D eigenvalue weighted by Crippen LogP contribution is 2.26. The fraction of sp³-hybridized carbons (Fsp3) is 0.231. The largest absolute Gasteiger partial charge is 0.383 e. The van der Waals surface area contributed by atoms with Crippen LogP contribution in [0.3, 0.4) is 0 Å². The Kier molecular flexibility index (Phi) is 3.79. The molecule has 0 amide bonds. The van der Waals surface area contributed by atoms with Crippen molar-refractivity contribution >= 4 is 17.4 Å². The molecule has 4 nitrogen and oxygen atoms in total. The number of hydrogen-bond donors (Lipinski definition) is 2. The van der Waals surface area contributed by atoms with Crippen LogP contribution in [0.2, 0.25) is 5.02 Å². The average Bonchev–Trinajstić information content (AvgIpc) is 2.35. The van der Waals surface area contributed by atoms with Crippen LogP contribution in [-0.4, -0.2) is 17.0 Å². The van der Waals surface area contributed by atoms with Crippen molar-refractivity contribution in [2.75, 3.05) is 12.8 Å². The first kappa shape index (κ1) is 12.8. The Hall–Kier alpha value is -1.65. The number of rotatable bonds is 3. The number of nitrogen functional groups attached to an aromatic ring is 1. The summed E-state index contributed by atoms with van der Waals surface area (Å²) in [7, 11) is 1.86. The summed E-state index contributed by atoms with van der Waals surface area (Å²) in [5.74, 6) is 0.460. The quantitative estimate of drug-likeness (QED) is 0.891. The maximum absolute atomic E-state index is 5.97. The van der Waals surface area contributed by atoms with Crippen LogP contribution in [-0.2, 0) is 0 Å². The van der Waals surface area contributed by atoms with E-state index in [1.807, 2.05) is 38.2 Å². The third-order valence-electron chi connectivity index (χ3n) is 2.72. The minimum absolute atomic E-state index is 0.115. The number of nitrogens with zero attached hydrogens (tertiary/aromatic N) is 2. The Morgan fingerprint density at radius 2 is 2.17 bits per heavy atom. The van der Waals surface area contributed by atoms with Gasteiger partial charge in [0.2, 0.25) is 0 Å². The van der Waals surface area contributed by atoms with Gasteiger partial charge >= 0.3 is 0 Å². The van der Waals surface area contributed by atoms with Gasteiger partial charge in [-0.3, -0.25) is 4.98 Å². The third-order valence-corrected chi connectivity index (χ3v) is 2.93. The van der Waals surface area contributed by atoms with Gasteiger partial charge in [-0.15, -0.1) is 0 Å². The summed E-state index contributed by atoms with van der Waals surface area (Å²) in [6.45, 7) is 1.95. The standard InChI is InChI=1S/C13H15ClN4/c1-8-4-3-5-11(18-8)12(16-2)10-6-9(14)7-17-13(10)15/h3-7,12,16H,1-2H3,(H2,15,17). The minimum atomic E-state index is -0.115. The molecule has 0 fully saturated rings. The van der Waals surface area contributed by atoms with Crippen LogP contribution in [0.1, 0.15) is 23.0 Å². The van der Waals surface area contributed by atoms with Gasteiger partial charge in [0.05, 0.1) is 16.8 Å². The van der Waals surface area contributed by atoms with Crippen LogP contribution in [0.25, 0.3) is 0 Å². The van der Waals surface area contributed by atoms with Gasteiger partial charge in [0.15, 0.2) is 0 Å². The number of hydrogen-bond acceptors (Lipinski definition) is 4. The predicted octanol–water partition coefficient (Wildman–Crippen LogP) is 2.33. The summed E-state index contributed by atoms with van der Waals surface area (Å²) in [4.78, 5) is 8.58. The molecule has 2 aromatic rings. The lowest BCUT2D eigenvalue weighted by Gasteiger charge is -2.18. The van der Waals surface area contributed by atoms with Gasteiger partial charge < -0.3 is 11.1 Å². The van der Waals surface area contributed by atoms with Gasteiger partial charge in [-0.05, 0) is 32.2 Å². The maximum atomic E-state index is 5.97. The van der Waals surface area contributed by atoms with E-state index in [1.165, 1.54) is 6.20 Å². The second-order valence-corrected chi connectivity index (χ2v) is 4.49. The molecule has 0 aliphatic rings. The lowest BCUT2D eigenvalue weighted by molar-refractivity contribution is 0.668. The Labute approximate surface area is 111 Å². The van der Waals surface area contributed by atoms with E-state index in [0.29, 0.717) is 10.8 Å². The Bertz CT molecular complexity index is 556. The number of halogens is 1. The molecule has 0 saturated heterocycles. The predicted molar refractivity (Wildman–Crippen MR) is 73.5 cm³/mol. The van der Waals surface area contributed by atoms with E-state index < -0.39 is 0 Å². The first-order chi connectivity index (χ1) is 8.61. The van der Waals surface area contributed by atoms with Crippen molar-refractivity contribution in [3.05, 3.63) is 52.4 Å². The highest BCUT2D eigenvalue weighted by Gasteiger charge is 2.17. The molecule has 5 heteroatoms. The molecule has 1 unspecified atom stereocenters. The monoisotopic (exact) mass is 262 g/mol. The lowest BCUT2D eigenvalue weighted by atomic mass is 10.0. The van der Waals surface area contributed by atoms with Gasteiger partial charge in [0, 0.05) is 17.5 Å². The number of pyridine rings is 2. The van der Waals surface area contributed by atoms with Gasteiger partial charge in [-0.1, -0.05) is 17.7 Å². The van der Waals surface area contributed by atoms with Crippen LogP contribution >= 0.6 is 11.6 Å². The van der Waals surface area contributed by atoms with Crippen molar-refractivity contribution in [3.63, 3.8) is 0 Å². The molecule has 0 spiro atoms. The van der Waals surface area contributed by atoms with E-state index in [0.717, 1.165) is 17.0 Å². The molecule has 0 aromatic carbocycles. The summed E-state index contributed by atoms with van der Waals surface area (Å²) >= 11 is 5.97. The molecule has 2 rings (SSSR count). The second-order valence-electron chi connectivity index (χ2n) is 4.05. The molecular formula is C13H15ClN4. The zero-order valence-electron chi connectivity index (χ0n) is 10.3. The lowest BCUT2D eigenvalue weighted by Crippen LogP contribution is -2.20. The molecule has 0 saturated carbocycles. The van der Waals surface area contributed by atoms with Crippen molar-refractivity contribution in [1.29, 1.82) is 0 Å². The SMILES string of the molecule is CNC(c1cccc(C)n1)c1cc(Cl)cnc1N. The summed E-state index contributed by atoms with van der Waals surface area (Å²) in [6, 6.07) is 7.58. The van der Waals surface area contributed by atoms with Crippen LogP contribution in [0, 0.1) is 6.92 Å². The van der Waals surface area contributed by atoms with Gasteiger partial charge in [0.25, 0.3) is 0 Å². The Morgan fingerprint density at radius 1 is 1.39 bits per heavy atom. The van der Waals surface area contributed by atoms with Crippen LogP contribution < -0.4 is 11.1 Å². The van der Waals surface area contributed by atoms with Crippen molar-refractivity contribution < 1.29 is 0 Å².